The highest BCUT2D eigenvalue weighted by atomic mass is 16.7. The molecule has 2 aliphatic rings. The number of benzene rings is 1. The molecule has 0 bridgehead atoms. The van der Waals surface area contributed by atoms with Gasteiger partial charge < -0.3 is 14.0 Å². The van der Waals surface area contributed by atoms with Crippen LogP contribution >= 0.6 is 0 Å². The highest BCUT2D eigenvalue weighted by molar-refractivity contribution is 6.55. The minimum absolute atomic E-state index is 0.254. The normalized spacial score (nSPS) is 23.7. The van der Waals surface area contributed by atoms with Gasteiger partial charge in [0.15, 0.2) is 0 Å². The van der Waals surface area contributed by atoms with Crippen LogP contribution in [0.1, 0.15) is 65.4 Å². The molecule has 0 radical (unpaired) electrons. The first-order valence-electron chi connectivity index (χ1n) is 9.53. The third-order valence-electron chi connectivity index (χ3n) is 6.05. The lowest BCUT2D eigenvalue weighted by Gasteiger charge is -2.32. The molecule has 0 atom stereocenters. The topological polar surface area (TPSA) is 27.7 Å². The van der Waals surface area contributed by atoms with E-state index in [2.05, 4.69) is 45.9 Å². The van der Waals surface area contributed by atoms with Crippen molar-refractivity contribution in [3.05, 3.63) is 35.3 Å². The Hall–Kier alpha value is -1.26. The van der Waals surface area contributed by atoms with Crippen molar-refractivity contribution in [3.8, 4) is 5.75 Å². The summed E-state index contributed by atoms with van der Waals surface area (Å²) in [6.45, 7) is 8.50. The standard InChI is InChI=1S/C21H31BO3/c1-20(2)21(3,4)25-22(24-20)19(17-9-7-6-8-10-17)15-16-11-13-18(23-5)14-12-16/h11-15,17H,6-10H2,1-5H3/b19-15-. The van der Waals surface area contributed by atoms with Gasteiger partial charge in [0.1, 0.15) is 5.75 Å². The maximum atomic E-state index is 6.38. The molecular formula is C21H31BO3. The maximum Gasteiger partial charge on any atom is 0.490 e. The molecule has 25 heavy (non-hydrogen) atoms. The number of methoxy groups -OCH3 is 1. The lowest BCUT2D eigenvalue weighted by Crippen LogP contribution is -2.41. The number of hydrogen-bond donors (Lipinski definition) is 0. The van der Waals surface area contributed by atoms with Gasteiger partial charge >= 0.3 is 7.12 Å². The van der Waals surface area contributed by atoms with Crippen molar-refractivity contribution >= 4 is 13.2 Å². The molecule has 0 aromatic heterocycles. The van der Waals surface area contributed by atoms with Crippen LogP contribution in [0.2, 0.25) is 0 Å². The second-order valence-corrected chi connectivity index (χ2v) is 8.34. The fraction of sp³-hybridized carbons (Fsp3) is 0.619. The predicted molar refractivity (Wildman–Crippen MR) is 104 cm³/mol. The van der Waals surface area contributed by atoms with Crippen molar-refractivity contribution in [2.75, 3.05) is 7.11 Å². The smallest absolute Gasteiger partial charge is 0.490 e. The van der Waals surface area contributed by atoms with Crippen LogP contribution < -0.4 is 4.74 Å². The van der Waals surface area contributed by atoms with Crippen molar-refractivity contribution in [1.29, 1.82) is 0 Å². The predicted octanol–water partition coefficient (Wildman–Crippen LogP) is 5.29. The van der Waals surface area contributed by atoms with Gasteiger partial charge in [-0.25, -0.2) is 0 Å². The minimum Gasteiger partial charge on any atom is -0.497 e. The summed E-state index contributed by atoms with van der Waals surface area (Å²) in [5.74, 6) is 1.43. The molecule has 4 heteroatoms. The summed E-state index contributed by atoms with van der Waals surface area (Å²) < 4.78 is 18.0. The van der Waals surface area contributed by atoms with Crippen LogP contribution in [0.25, 0.3) is 6.08 Å². The molecule has 1 saturated carbocycles. The molecule has 1 saturated heterocycles. The minimum atomic E-state index is -0.300. The van der Waals surface area contributed by atoms with Crippen LogP contribution in [0.15, 0.2) is 29.7 Å². The van der Waals surface area contributed by atoms with Gasteiger partial charge in [-0.2, -0.15) is 0 Å². The zero-order valence-corrected chi connectivity index (χ0v) is 16.3. The Morgan fingerprint density at radius 1 is 1.00 bits per heavy atom. The second kappa shape index (κ2) is 7.16. The van der Waals surface area contributed by atoms with Crippen LogP contribution in [0.4, 0.5) is 0 Å². The number of allylic oxidation sites excluding steroid dienone is 1. The Bertz CT molecular complexity index is 597. The quantitative estimate of drug-likeness (QED) is 0.696. The van der Waals surface area contributed by atoms with Crippen LogP contribution in [0, 0.1) is 5.92 Å². The average Bonchev–Trinajstić information content (AvgIpc) is 2.81. The van der Waals surface area contributed by atoms with E-state index in [1.807, 2.05) is 12.1 Å². The van der Waals surface area contributed by atoms with E-state index in [0.29, 0.717) is 5.92 Å². The third kappa shape index (κ3) is 3.96. The summed E-state index contributed by atoms with van der Waals surface area (Å²) in [7, 11) is 1.44. The van der Waals surface area contributed by atoms with Crippen LogP contribution in [0.3, 0.4) is 0 Å². The highest BCUT2D eigenvalue weighted by Crippen LogP contribution is 2.42. The molecule has 3 nitrogen and oxygen atoms in total. The Morgan fingerprint density at radius 3 is 2.08 bits per heavy atom. The van der Waals surface area contributed by atoms with Crippen molar-refractivity contribution < 1.29 is 14.0 Å². The monoisotopic (exact) mass is 342 g/mol. The fourth-order valence-corrected chi connectivity index (χ4v) is 3.69. The van der Waals surface area contributed by atoms with E-state index >= 15 is 0 Å². The zero-order chi connectivity index (χ0) is 18.1. The van der Waals surface area contributed by atoms with E-state index in [4.69, 9.17) is 14.0 Å². The van der Waals surface area contributed by atoms with Gasteiger partial charge in [-0.05, 0) is 69.6 Å². The highest BCUT2D eigenvalue weighted by Gasteiger charge is 2.53. The molecule has 1 heterocycles. The summed E-state index contributed by atoms with van der Waals surface area (Å²) in [6.07, 6.45) is 8.67. The van der Waals surface area contributed by atoms with Gasteiger partial charge in [-0.15, -0.1) is 0 Å². The summed E-state index contributed by atoms with van der Waals surface area (Å²) in [5.41, 5.74) is 1.87. The Labute approximate surface area is 152 Å². The lowest BCUT2D eigenvalue weighted by molar-refractivity contribution is 0.00578. The number of hydrogen-bond acceptors (Lipinski definition) is 3. The molecule has 0 spiro atoms. The van der Waals surface area contributed by atoms with E-state index in [9.17, 15) is 0 Å². The van der Waals surface area contributed by atoms with Gasteiger partial charge in [-0.3, -0.25) is 0 Å². The van der Waals surface area contributed by atoms with Crippen molar-refractivity contribution in [1.82, 2.24) is 0 Å². The average molecular weight is 342 g/mol. The molecule has 1 aromatic carbocycles. The summed E-state index contributed by atoms with van der Waals surface area (Å²) >= 11 is 0. The largest absolute Gasteiger partial charge is 0.497 e. The summed E-state index contributed by atoms with van der Waals surface area (Å²) in [4.78, 5) is 0. The first kappa shape index (κ1) is 18.5. The van der Waals surface area contributed by atoms with Crippen LogP contribution in [-0.4, -0.2) is 25.4 Å². The Balaban J connectivity index is 1.91. The lowest BCUT2D eigenvalue weighted by atomic mass is 9.66. The molecule has 1 aromatic rings. The van der Waals surface area contributed by atoms with Gasteiger partial charge in [0, 0.05) is 0 Å². The molecule has 0 N–H and O–H groups in total. The molecule has 0 unspecified atom stereocenters. The summed E-state index contributed by atoms with van der Waals surface area (Å²) in [5, 5.41) is 0. The van der Waals surface area contributed by atoms with Gasteiger partial charge in [0.05, 0.1) is 18.3 Å². The van der Waals surface area contributed by atoms with E-state index in [1.54, 1.807) is 7.11 Å². The summed E-state index contributed by atoms with van der Waals surface area (Å²) in [6, 6.07) is 8.23. The van der Waals surface area contributed by atoms with Crippen molar-refractivity contribution in [2.45, 2.75) is 71.0 Å². The van der Waals surface area contributed by atoms with Gasteiger partial charge in [0.2, 0.25) is 0 Å². The van der Waals surface area contributed by atoms with Crippen molar-refractivity contribution in [3.63, 3.8) is 0 Å². The van der Waals surface area contributed by atoms with E-state index < -0.39 is 0 Å². The first-order valence-corrected chi connectivity index (χ1v) is 9.53. The van der Waals surface area contributed by atoms with E-state index in [0.717, 1.165) is 5.75 Å². The molecule has 1 aliphatic carbocycles. The fourth-order valence-electron chi connectivity index (χ4n) is 3.69. The second-order valence-electron chi connectivity index (χ2n) is 8.34. The van der Waals surface area contributed by atoms with Gasteiger partial charge in [0.25, 0.3) is 0 Å². The van der Waals surface area contributed by atoms with E-state index in [1.165, 1.54) is 43.1 Å². The third-order valence-corrected chi connectivity index (χ3v) is 6.05. The molecular weight excluding hydrogens is 311 g/mol. The molecule has 3 rings (SSSR count). The van der Waals surface area contributed by atoms with Crippen LogP contribution in [0.5, 0.6) is 5.75 Å². The number of rotatable bonds is 4. The first-order chi connectivity index (χ1) is 11.8. The molecule has 1 aliphatic heterocycles. The SMILES string of the molecule is COc1ccc(/C=C(\B2OC(C)(C)C(C)(C)O2)C2CCCCC2)cc1. The molecule has 2 fully saturated rings. The number of ether oxygens (including phenoxy) is 1. The molecule has 0 amide bonds. The zero-order valence-electron chi connectivity index (χ0n) is 16.3. The maximum absolute atomic E-state index is 6.38. The van der Waals surface area contributed by atoms with E-state index in [-0.39, 0.29) is 18.3 Å². The Morgan fingerprint density at radius 2 is 1.56 bits per heavy atom. The Kier molecular flexibility index (Phi) is 5.31. The van der Waals surface area contributed by atoms with Gasteiger partial charge in [-0.1, -0.05) is 37.5 Å². The molecule has 136 valence electrons. The van der Waals surface area contributed by atoms with Crippen molar-refractivity contribution in [2.24, 2.45) is 5.92 Å². The van der Waals surface area contributed by atoms with Crippen LogP contribution in [-0.2, 0) is 9.31 Å².